The van der Waals surface area contributed by atoms with Gasteiger partial charge in [0, 0.05) is 17.0 Å². The molecular formula is C14H14N4O2S. The Kier molecular flexibility index (Phi) is 3.57. The van der Waals surface area contributed by atoms with E-state index in [1.54, 1.807) is 17.4 Å². The Morgan fingerprint density at radius 1 is 1.48 bits per heavy atom. The van der Waals surface area contributed by atoms with Crippen molar-refractivity contribution in [2.24, 2.45) is 0 Å². The van der Waals surface area contributed by atoms with Crippen LogP contribution in [0.5, 0.6) is 0 Å². The van der Waals surface area contributed by atoms with Crippen LogP contribution in [0.25, 0.3) is 11.0 Å². The quantitative estimate of drug-likeness (QED) is 0.549. The van der Waals surface area contributed by atoms with Gasteiger partial charge in [0.1, 0.15) is 0 Å². The van der Waals surface area contributed by atoms with Crippen molar-refractivity contribution in [3.63, 3.8) is 0 Å². The van der Waals surface area contributed by atoms with Gasteiger partial charge in [0.15, 0.2) is 0 Å². The van der Waals surface area contributed by atoms with Gasteiger partial charge in [-0.1, -0.05) is 13.0 Å². The largest absolute Gasteiger partial charge is 0.348 e. The zero-order chi connectivity index (χ0) is 14.8. The minimum atomic E-state index is -0.409. The van der Waals surface area contributed by atoms with Crippen molar-refractivity contribution < 1.29 is 4.92 Å². The molecule has 0 spiro atoms. The summed E-state index contributed by atoms with van der Waals surface area (Å²) in [6.07, 6.45) is 0.928. The molecule has 6 nitrogen and oxygen atoms in total. The molecule has 2 N–H and O–H groups in total. The van der Waals surface area contributed by atoms with E-state index in [1.165, 1.54) is 17.0 Å². The van der Waals surface area contributed by atoms with Crippen molar-refractivity contribution in [2.45, 2.75) is 19.4 Å². The fourth-order valence-corrected chi connectivity index (χ4v) is 3.07. The number of benzene rings is 1. The maximum Gasteiger partial charge on any atom is 0.271 e. The molecular weight excluding hydrogens is 288 g/mol. The second kappa shape index (κ2) is 5.53. The Balaban J connectivity index is 1.88. The normalized spacial score (nSPS) is 12.4. The third-order valence-corrected chi connectivity index (χ3v) is 4.27. The van der Waals surface area contributed by atoms with Gasteiger partial charge in [-0.2, -0.15) is 0 Å². The molecule has 0 radical (unpaired) electrons. The molecule has 21 heavy (non-hydrogen) atoms. The number of nitrogens with one attached hydrogen (secondary N) is 2. The minimum Gasteiger partial charge on any atom is -0.348 e. The summed E-state index contributed by atoms with van der Waals surface area (Å²) in [6, 6.07) is 8.90. The molecule has 1 atom stereocenters. The minimum absolute atomic E-state index is 0.0583. The summed E-state index contributed by atoms with van der Waals surface area (Å²) >= 11 is 1.69. The maximum absolute atomic E-state index is 10.8. The van der Waals surface area contributed by atoms with Crippen molar-refractivity contribution >= 4 is 34.0 Å². The number of hydrogen-bond donors (Lipinski definition) is 2. The summed E-state index contributed by atoms with van der Waals surface area (Å²) in [7, 11) is 0. The first-order valence-electron chi connectivity index (χ1n) is 6.61. The molecule has 1 aromatic carbocycles. The van der Waals surface area contributed by atoms with Crippen LogP contribution in [0.1, 0.15) is 24.3 Å². The van der Waals surface area contributed by atoms with Crippen LogP contribution in [-0.2, 0) is 0 Å². The first kappa shape index (κ1) is 13.6. The molecule has 0 aliphatic carbocycles. The number of fused-ring (bicyclic) bond motifs is 1. The average molecular weight is 302 g/mol. The molecule has 7 heteroatoms. The average Bonchev–Trinajstić information content (AvgIpc) is 3.12. The number of nitrogens with zero attached hydrogens (tertiary/aromatic N) is 2. The molecule has 108 valence electrons. The second-order valence-electron chi connectivity index (χ2n) is 4.66. The highest BCUT2D eigenvalue weighted by Gasteiger charge is 2.14. The number of aromatic amines is 1. The number of rotatable bonds is 5. The fraction of sp³-hybridized carbons (Fsp3) is 0.214. The molecule has 0 aliphatic rings. The van der Waals surface area contributed by atoms with E-state index in [1.807, 2.05) is 11.4 Å². The van der Waals surface area contributed by atoms with Gasteiger partial charge < -0.3 is 10.3 Å². The Hall–Kier alpha value is -2.41. The fourth-order valence-electron chi connectivity index (χ4n) is 2.21. The molecule has 3 rings (SSSR count). The number of nitro benzene ring substituents is 1. The lowest BCUT2D eigenvalue weighted by molar-refractivity contribution is -0.384. The molecule has 0 fully saturated rings. The predicted molar refractivity (Wildman–Crippen MR) is 83.7 cm³/mol. The van der Waals surface area contributed by atoms with E-state index in [2.05, 4.69) is 28.3 Å². The zero-order valence-corrected chi connectivity index (χ0v) is 12.2. The van der Waals surface area contributed by atoms with Gasteiger partial charge in [0.2, 0.25) is 5.95 Å². The second-order valence-corrected chi connectivity index (χ2v) is 5.64. The van der Waals surface area contributed by atoms with Crippen LogP contribution in [-0.4, -0.2) is 14.9 Å². The third kappa shape index (κ3) is 2.73. The number of anilines is 1. The van der Waals surface area contributed by atoms with Gasteiger partial charge in [-0.05, 0) is 23.9 Å². The molecule has 0 saturated carbocycles. The summed E-state index contributed by atoms with van der Waals surface area (Å²) in [5.74, 6) is 0.630. The number of aromatic nitrogens is 2. The monoisotopic (exact) mass is 302 g/mol. The highest BCUT2D eigenvalue weighted by Crippen LogP contribution is 2.27. The molecule has 1 unspecified atom stereocenters. The number of imidazole rings is 1. The highest BCUT2D eigenvalue weighted by atomic mass is 32.1. The Morgan fingerprint density at radius 3 is 3.00 bits per heavy atom. The van der Waals surface area contributed by atoms with E-state index in [4.69, 9.17) is 0 Å². The lowest BCUT2D eigenvalue weighted by Gasteiger charge is -2.14. The molecule has 3 aromatic rings. The predicted octanol–water partition coefficient (Wildman–Crippen LogP) is 4.10. The van der Waals surface area contributed by atoms with Crippen molar-refractivity contribution in [1.82, 2.24) is 9.97 Å². The maximum atomic E-state index is 10.8. The SMILES string of the molecule is CCC(Nc1nc2ccc([N+](=O)[O-])cc2[nH]1)c1cccs1. The molecule has 0 bridgehead atoms. The first-order chi connectivity index (χ1) is 10.2. The van der Waals surface area contributed by atoms with Gasteiger partial charge in [-0.25, -0.2) is 4.98 Å². The van der Waals surface area contributed by atoms with E-state index >= 15 is 0 Å². The van der Waals surface area contributed by atoms with Gasteiger partial charge in [-0.15, -0.1) is 11.3 Å². The number of H-pyrrole nitrogens is 1. The van der Waals surface area contributed by atoms with Gasteiger partial charge in [0.25, 0.3) is 5.69 Å². The topological polar surface area (TPSA) is 83.8 Å². The Labute approximate surface area is 125 Å². The standard InChI is InChI=1S/C14H14N4O2S/c1-2-10(13-4-3-7-21-13)15-14-16-11-6-5-9(18(19)20)8-12(11)17-14/h3-8,10H,2H2,1H3,(H2,15,16,17). The van der Waals surface area contributed by atoms with Gasteiger partial charge in [0.05, 0.1) is 22.0 Å². The summed E-state index contributed by atoms with van der Waals surface area (Å²) in [4.78, 5) is 19.1. The van der Waals surface area contributed by atoms with Crippen LogP contribution in [0.3, 0.4) is 0 Å². The van der Waals surface area contributed by atoms with Crippen molar-refractivity contribution in [1.29, 1.82) is 0 Å². The van der Waals surface area contributed by atoms with Crippen LogP contribution < -0.4 is 5.32 Å². The lowest BCUT2D eigenvalue weighted by atomic mass is 10.2. The number of non-ortho nitro benzene ring substituents is 1. The molecule has 0 saturated heterocycles. The summed E-state index contributed by atoms with van der Waals surface area (Å²) in [5.41, 5.74) is 1.43. The summed E-state index contributed by atoms with van der Waals surface area (Å²) in [6.45, 7) is 2.10. The summed E-state index contributed by atoms with van der Waals surface area (Å²) in [5, 5.41) is 16.2. The van der Waals surface area contributed by atoms with E-state index in [9.17, 15) is 10.1 Å². The molecule has 0 aliphatic heterocycles. The highest BCUT2D eigenvalue weighted by molar-refractivity contribution is 7.10. The van der Waals surface area contributed by atoms with E-state index in [-0.39, 0.29) is 11.7 Å². The van der Waals surface area contributed by atoms with E-state index < -0.39 is 4.92 Å². The van der Waals surface area contributed by atoms with Crippen LogP contribution in [0.2, 0.25) is 0 Å². The molecule has 2 heterocycles. The van der Waals surface area contributed by atoms with Crippen molar-refractivity contribution in [3.05, 3.63) is 50.7 Å². The zero-order valence-electron chi connectivity index (χ0n) is 11.4. The molecule has 0 amide bonds. The lowest BCUT2D eigenvalue weighted by Crippen LogP contribution is -2.09. The molecule has 2 aromatic heterocycles. The van der Waals surface area contributed by atoms with Crippen molar-refractivity contribution in [2.75, 3.05) is 5.32 Å². The third-order valence-electron chi connectivity index (χ3n) is 3.28. The smallest absolute Gasteiger partial charge is 0.271 e. The van der Waals surface area contributed by atoms with Crippen LogP contribution in [0.4, 0.5) is 11.6 Å². The van der Waals surface area contributed by atoms with E-state index in [0.717, 1.165) is 6.42 Å². The van der Waals surface area contributed by atoms with Gasteiger partial charge in [-0.3, -0.25) is 10.1 Å². The van der Waals surface area contributed by atoms with Crippen LogP contribution in [0, 0.1) is 10.1 Å². The number of nitro groups is 1. The van der Waals surface area contributed by atoms with Crippen LogP contribution in [0.15, 0.2) is 35.7 Å². The van der Waals surface area contributed by atoms with Crippen molar-refractivity contribution in [3.8, 4) is 0 Å². The first-order valence-corrected chi connectivity index (χ1v) is 7.49. The van der Waals surface area contributed by atoms with E-state index in [0.29, 0.717) is 17.0 Å². The van der Waals surface area contributed by atoms with Gasteiger partial charge >= 0.3 is 0 Å². The number of hydrogen-bond acceptors (Lipinski definition) is 5. The Morgan fingerprint density at radius 2 is 2.33 bits per heavy atom. The number of thiophene rings is 1. The summed E-state index contributed by atoms with van der Waals surface area (Å²) < 4.78 is 0. The van der Waals surface area contributed by atoms with Crippen LogP contribution >= 0.6 is 11.3 Å². The Bertz CT molecular complexity index is 766.